The van der Waals surface area contributed by atoms with Crippen molar-refractivity contribution in [3.8, 4) is 11.3 Å². The highest BCUT2D eigenvalue weighted by molar-refractivity contribution is 9.10. The maximum atomic E-state index is 13.0. The Morgan fingerprint density at radius 2 is 1.96 bits per heavy atom. The van der Waals surface area contributed by atoms with Gasteiger partial charge in [-0.25, -0.2) is 0 Å². The predicted molar refractivity (Wildman–Crippen MR) is 96.1 cm³/mol. The molecule has 1 aromatic carbocycles. The molecule has 2 saturated heterocycles. The summed E-state index contributed by atoms with van der Waals surface area (Å²) >= 11 is 3.42. The lowest BCUT2D eigenvalue weighted by Gasteiger charge is -2.37. The number of carbonyl (C=O) groups excluding carboxylic acids is 1. The highest BCUT2D eigenvalue weighted by atomic mass is 79.9. The van der Waals surface area contributed by atoms with Crippen molar-refractivity contribution in [3.05, 3.63) is 40.5 Å². The second-order valence-electron chi connectivity index (χ2n) is 6.35. The minimum Gasteiger partial charge on any atom is -0.348 e. The van der Waals surface area contributed by atoms with Crippen molar-refractivity contribution in [2.24, 2.45) is 0 Å². The summed E-state index contributed by atoms with van der Waals surface area (Å²) in [5.41, 5.74) is 2.23. The number of carbonyl (C=O) groups is 1. The SMILES string of the molecule is O=C(c1cc(-c2ccc(Br)cc2)n[nH]1)N1CCCCC1C1OCCO1. The number of aromatic amines is 1. The first-order valence-corrected chi connectivity index (χ1v) is 9.37. The minimum atomic E-state index is -0.307. The summed E-state index contributed by atoms with van der Waals surface area (Å²) in [6.45, 7) is 1.92. The third-order valence-corrected chi connectivity index (χ3v) is 5.25. The van der Waals surface area contributed by atoms with Crippen LogP contribution in [0.15, 0.2) is 34.8 Å². The molecule has 2 aliphatic rings. The van der Waals surface area contributed by atoms with Gasteiger partial charge in [-0.2, -0.15) is 5.10 Å². The normalized spacial score (nSPS) is 21.6. The van der Waals surface area contributed by atoms with Gasteiger partial charge in [0.2, 0.25) is 0 Å². The lowest BCUT2D eigenvalue weighted by molar-refractivity contribution is -0.100. The van der Waals surface area contributed by atoms with Gasteiger partial charge in [-0.1, -0.05) is 28.1 Å². The van der Waals surface area contributed by atoms with E-state index in [1.165, 1.54) is 0 Å². The Bertz CT molecular complexity index is 740. The summed E-state index contributed by atoms with van der Waals surface area (Å²) < 4.78 is 12.3. The fraction of sp³-hybridized carbons (Fsp3) is 0.444. The number of hydrogen-bond acceptors (Lipinski definition) is 4. The summed E-state index contributed by atoms with van der Waals surface area (Å²) in [6.07, 6.45) is 2.69. The van der Waals surface area contributed by atoms with Crippen LogP contribution in [0.3, 0.4) is 0 Å². The zero-order valence-corrected chi connectivity index (χ0v) is 15.4. The number of nitrogens with one attached hydrogen (secondary N) is 1. The number of halogens is 1. The Labute approximate surface area is 154 Å². The molecule has 1 unspecified atom stereocenters. The van der Waals surface area contributed by atoms with E-state index in [-0.39, 0.29) is 18.2 Å². The Morgan fingerprint density at radius 1 is 1.20 bits per heavy atom. The highest BCUT2D eigenvalue weighted by Crippen LogP contribution is 2.27. The van der Waals surface area contributed by atoms with Gasteiger partial charge in [0, 0.05) is 16.6 Å². The molecule has 1 amide bonds. The Hall–Kier alpha value is -1.70. The van der Waals surface area contributed by atoms with Crippen LogP contribution in [0.2, 0.25) is 0 Å². The molecule has 1 atom stereocenters. The molecular weight excluding hydrogens is 386 g/mol. The Kier molecular flexibility index (Phi) is 4.87. The van der Waals surface area contributed by atoms with Crippen LogP contribution in [0.5, 0.6) is 0 Å². The van der Waals surface area contributed by atoms with Crippen molar-refractivity contribution in [2.75, 3.05) is 19.8 Å². The summed E-state index contributed by atoms with van der Waals surface area (Å²) in [6, 6.07) is 9.65. The van der Waals surface area contributed by atoms with E-state index in [0.717, 1.165) is 41.5 Å². The van der Waals surface area contributed by atoms with E-state index in [4.69, 9.17) is 9.47 Å². The zero-order chi connectivity index (χ0) is 17.2. The van der Waals surface area contributed by atoms with Gasteiger partial charge in [-0.05, 0) is 37.5 Å². The van der Waals surface area contributed by atoms with E-state index >= 15 is 0 Å². The van der Waals surface area contributed by atoms with E-state index in [1.807, 2.05) is 35.2 Å². The van der Waals surface area contributed by atoms with Crippen LogP contribution in [-0.2, 0) is 9.47 Å². The number of ether oxygens (including phenoxy) is 2. The van der Waals surface area contributed by atoms with Crippen molar-refractivity contribution >= 4 is 21.8 Å². The number of nitrogens with zero attached hydrogens (tertiary/aromatic N) is 2. The molecule has 0 bridgehead atoms. The lowest BCUT2D eigenvalue weighted by atomic mass is 10.0. The molecule has 2 aliphatic heterocycles. The molecule has 0 aliphatic carbocycles. The van der Waals surface area contributed by atoms with Gasteiger partial charge in [-0.3, -0.25) is 9.89 Å². The van der Waals surface area contributed by atoms with Gasteiger partial charge in [0.1, 0.15) is 5.69 Å². The zero-order valence-electron chi connectivity index (χ0n) is 13.8. The van der Waals surface area contributed by atoms with Crippen LogP contribution < -0.4 is 0 Å². The molecule has 25 heavy (non-hydrogen) atoms. The number of likely N-dealkylation sites (tertiary alicyclic amines) is 1. The molecule has 2 fully saturated rings. The minimum absolute atomic E-state index is 0.0248. The predicted octanol–water partition coefficient (Wildman–Crippen LogP) is 3.21. The van der Waals surface area contributed by atoms with Crippen molar-refractivity contribution in [1.82, 2.24) is 15.1 Å². The first-order chi connectivity index (χ1) is 12.2. The summed E-state index contributed by atoms with van der Waals surface area (Å²) in [5, 5.41) is 7.20. The number of piperidine rings is 1. The highest BCUT2D eigenvalue weighted by Gasteiger charge is 2.37. The van der Waals surface area contributed by atoms with Crippen LogP contribution in [0, 0.1) is 0 Å². The van der Waals surface area contributed by atoms with E-state index in [1.54, 1.807) is 0 Å². The van der Waals surface area contributed by atoms with Gasteiger partial charge in [0.25, 0.3) is 5.91 Å². The van der Waals surface area contributed by atoms with Gasteiger partial charge < -0.3 is 14.4 Å². The second kappa shape index (κ2) is 7.27. The first kappa shape index (κ1) is 16.8. The van der Waals surface area contributed by atoms with Crippen molar-refractivity contribution < 1.29 is 14.3 Å². The third kappa shape index (κ3) is 3.49. The molecule has 0 saturated carbocycles. The Balaban J connectivity index is 1.54. The first-order valence-electron chi connectivity index (χ1n) is 8.58. The Morgan fingerprint density at radius 3 is 2.72 bits per heavy atom. The van der Waals surface area contributed by atoms with Crippen molar-refractivity contribution in [1.29, 1.82) is 0 Å². The van der Waals surface area contributed by atoms with E-state index < -0.39 is 0 Å². The van der Waals surface area contributed by atoms with Crippen LogP contribution in [0.25, 0.3) is 11.3 Å². The largest absolute Gasteiger partial charge is 0.348 e. The molecule has 0 radical (unpaired) electrons. The number of H-pyrrole nitrogens is 1. The third-order valence-electron chi connectivity index (χ3n) is 4.72. The maximum Gasteiger partial charge on any atom is 0.272 e. The topological polar surface area (TPSA) is 67.5 Å². The molecule has 4 rings (SSSR count). The molecule has 1 aromatic heterocycles. The molecule has 1 N–H and O–H groups in total. The summed E-state index contributed by atoms with van der Waals surface area (Å²) in [4.78, 5) is 14.9. The number of benzene rings is 1. The monoisotopic (exact) mass is 405 g/mol. The molecule has 6 nitrogen and oxygen atoms in total. The number of rotatable bonds is 3. The van der Waals surface area contributed by atoms with Crippen molar-refractivity contribution in [2.45, 2.75) is 31.6 Å². The van der Waals surface area contributed by atoms with Gasteiger partial charge in [-0.15, -0.1) is 0 Å². The molecule has 3 heterocycles. The summed E-state index contributed by atoms with van der Waals surface area (Å²) in [7, 11) is 0. The standard InChI is InChI=1S/C18H20BrN3O3/c19-13-6-4-12(5-7-13)14-11-15(21-20-14)17(23)22-8-2-1-3-16(22)18-24-9-10-25-18/h4-7,11,16,18H,1-3,8-10H2,(H,20,21). The molecule has 132 valence electrons. The van der Waals surface area contributed by atoms with Gasteiger partial charge in [0.05, 0.1) is 24.9 Å². The van der Waals surface area contributed by atoms with Gasteiger partial charge in [0.15, 0.2) is 6.29 Å². The van der Waals surface area contributed by atoms with E-state index in [9.17, 15) is 4.79 Å². The van der Waals surface area contributed by atoms with Crippen LogP contribution in [0.1, 0.15) is 29.8 Å². The second-order valence-corrected chi connectivity index (χ2v) is 7.26. The fourth-order valence-electron chi connectivity index (χ4n) is 3.45. The van der Waals surface area contributed by atoms with E-state index in [2.05, 4.69) is 26.1 Å². The molecule has 7 heteroatoms. The van der Waals surface area contributed by atoms with Crippen LogP contribution >= 0.6 is 15.9 Å². The smallest absolute Gasteiger partial charge is 0.272 e. The van der Waals surface area contributed by atoms with Gasteiger partial charge >= 0.3 is 0 Å². The lowest BCUT2D eigenvalue weighted by Crippen LogP contribution is -2.50. The average molecular weight is 406 g/mol. The van der Waals surface area contributed by atoms with Crippen LogP contribution in [0.4, 0.5) is 0 Å². The molecular formula is C18H20BrN3O3. The quantitative estimate of drug-likeness (QED) is 0.850. The van der Waals surface area contributed by atoms with Crippen molar-refractivity contribution in [3.63, 3.8) is 0 Å². The number of aromatic nitrogens is 2. The molecule has 0 spiro atoms. The molecule has 2 aromatic rings. The van der Waals surface area contributed by atoms with E-state index in [0.29, 0.717) is 18.9 Å². The summed E-state index contributed by atoms with van der Waals surface area (Å²) in [5.74, 6) is -0.0420. The average Bonchev–Trinajstić information content (AvgIpc) is 3.34. The van der Waals surface area contributed by atoms with Crippen LogP contribution in [-0.4, -0.2) is 53.1 Å². The number of amides is 1. The number of hydrogen-bond donors (Lipinski definition) is 1. The fourth-order valence-corrected chi connectivity index (χ4v) is 3.71. The maximum absolute atomic E-state index is 13.0.